The van der Waals surface area contributed by atoms with Crippen LogP contribution in [0.4, 0.5) is 0 Å². The SMILES string of the molecule is CCCCCC1=NN2C(=N)C(=Cc3cc(C)n(-c4ccc(C)cc4)c3C)C(=O)N=C2S1. The summed E-state index contributed by atoms with van der Waals surface area (Å²) in [6.45, 7) is 8.31. The van der Waals surface area contributed by atoms with Gasteiger partial charge in [0.25, 0.3) is 5.91 Å². The summed E-state index contributed by atoms with van der Waals surface area (Å²) in [4.78, 5) is 16.9. The fraction of sp³-hybridized carbons (Fsp3) is 0.333. The van der Waals surface area contributed by atoms with Crippen LogP contribution in [-0.2, 0) is 4.79 Å². The predicted molar refractivity (Wildman–Crippen MR) is 129 cm³/mol. The Morgan fingerprint density at radius 1 is 1.13 bits per heavy atom. The third-order valence-electron chi connectivity index (χ3n) is 5.55. The smallest absolute Gasteiger partial charge is 0.283 e. The van der Waals surface area contributed by atoms with Crippen molar-refractivity contribution < 1.29 is 4.79 Å². The first-order chi connectivity index (χ1) is 14.9. The molecule has 3 heterocycles. The lowest BCUT2D eigenvalue weighted by Gasteiger charge is -2.20. The van der Waals surface area contributed by atoms with Gasteiger partial charge in [-0.15, -0.1) is 0 Å². The molecule has 4 rings (SSSR count). The molecule has 0 radical (unpaired) electrons. The van der Waals surface area contributed by atoms with E-state index in [2.05, 4.69) is 52.8 Å². The number of aliphatic imine (C=N–C) groups is 1. The van der Waals surface area contributed by atoms with Crippen LogP contribution in [0, 0.1) is 26.2 Å². The molecule has 0 atom stereocenters. The molecule has 1 N–H and O–H groups in total. The zero-order chi connectivity index (χ0) is 22.1. The topological polar surface area (TPSA) is 73.8 Å². The fourth-order valence-corrected chi connectivity index (χ4v) is 4.77. The molecular formula is C24H27N5OS. The number of amidine groups is 2. The normalized spacial score (nSPS) is 17.3. The van der Waals surface area contributed by atoms with Crippen LogP contribution in [0.5, 0.6) is 0 Å². The number of amides is 1. The summed E-state index contributed by atoms with van der Waals surface area (Å²) < 4.78 is 2.16. The van der Waals surface area contributed by atoms with E-state index in [4.69, 9.17) is 5.41 Å². The Morgan fingerprint density at radius 2 is 1.87 bits per heavy atom. The van der Waals surface area contributed by atoms with Crippen molar-refractivity contribution in [2.45, 2.75) is 53.4 Å². The molecule has 0 saturated heterocycles. The number of hydrazone groups is 1. The molecule has 0 aliphatic carbocycles. The van der Waals surface area contributed by atoms with E-state index in [1.165, 1.54) is 22.3 Å². The highest BCUT2D eigenvalue weighted by molar-refractivity contribution is 8.26. The summed E-state index contributed by atoms with van der Waals surface area (Å²) in [6, 6.07) is 10.4. The lowest BCUT2D eigenvalue weighted by atomic mass is 10.1. The number of nitrogens with one attached hydrogen (secondary N) is 1. The van der Waals surface area contributed by atoms with Crippen LogP contribution in [0.15, 0.2) is 46.0 Å². The molecule has 2 aliphatic heterocycles. The van der Waals surface area contributed by atoms with E-state index in [0.29, 0.717) is 5.17 Å². The van der Waals surface area contributed by atoms with Gasteiger partial charge in [-0.1, -0.05) is 37.5 Å². The number of fused-ring (bicyclic) bond motifs is 1. The van der Waals surface area contributed by atoms with Gasteiger partial charge in [-0.25, -0.2) is 0 Å². The van der Waals surface area contributed by atoms with Gasteiger partial charge >= 0.3 is 0 Å². The summed E-state index contributed by atoms with van der Waals surface area (Å²) in [6.07, 6.45) is 5.97. The Labute approximate surface area is 187 Å². The minimum atomic E-state index is -0.381. The molecule has 2 aromatic rings. The average Bonchev–Trinajstić information content (AvgIpc) is 3.26. The number of hydrogen-bond donors (Lipinski definition) is 1. The summed E-state index contributed by atoms with van der Waals surface area (Å²) >= 11 is 1.40. The Balaban J connectivity index is 1.64. The Bertz CT molecular complexity index is 1140. The van der Waals surface area contributed by atoms with E-state index in [9.17, 15) is 4.79 Å². The van der Waals surface area contributed by atoms with E-state index >= 15 is 0 Å². The van der Waals surface area contributed by atoms with Gasteiger partial charge in [0.05, 0.1) is 5.57 Å². The highest BCUT2D eigenvalue weighted by Crippen LogP contribution is 2.31. The average molecular weight is 434 g/mol. The number of carbonyl (C=O) groups excluding carboxylic acids is 1. The molecule has 1 aromatic carbocycles. The van der Waals surface area contributed by atoms with Crippen LogP contribution in [0.2, 0.25) is 0 Å². The number of carbonyl (C=O) groups is 1. The van der Waals surface area contributed by atoms with Gasteiger partial charge in [0, 0.05) is 17.1 Å². The van der Waals surface area contributed by atoms with Gasteiger partial charge in [-0.2, -0.15) is 15.1 Å². The summed E-state index contributed by atoms with van der Waals surface area (Å²) in [5, 5.41) is 16.1. The van der Waals surface area contributed by atoms with Crippen molar-refractivity contribution in [3.8, 4) is 5.69 Å². The van der Waals surface area contributed by atoms with Gasteiger partial charge in [-0.05, 0) is 75.2 Å². The minimum absolute atomic E-state index is 0.0909. The Morgan fingerprint density at radius 3 is 2.58 bits per heavy atom. The summed E-state index contributed by atoms with van der Waals surface area (Å²) in [7, 11) is 0. The zero-order valence-corrected chi connectivity index (χ0v) is 19.2. The number of aromatic nitrogens is 1. The van der Waals surface area contributed by atoms with Crippen LogP contribution >= 0.6 is 11.8 Å². The first-order valence-corrected chi connectivity index (χ1v) is 11.5. The molecule has 0 unspecified atom stereocenters. The molecule has 6 nitrogen and oxygen atoms in total. The molecular weight excluding hydrogens is 406 g/mol. The highest BCUT2D eigenvalue weighted by Gasteiger charge is 2.35. The highest BCUT2D eigenvalue weighted by atomic mass is 32.2. The number of aryl methyl sites for hydroxylation is 2. The lowest BCUT2D eigenvalue weighted by molar-refractivity contribution is -0.114. The van der Waals surface area contributed by atoms with Gasteiger partial charge in [0.1, 0.15) is 5.04 Å². The third kappa shape index (κ3) is 4.14. The van der Waals surface area contributed by atoms with Crippen LogP contribution in [0.25, 0.3) is 11.8 Å². The Hall–Kier alpha value is -2.93. The van der Waals surface area contributed by atoms with E-state index in [-0.39, 0.29) is 17.3 Å². The van der Waals surface area contributed by atoms with E-state index in [0.717, 1.165) is 53.4 Å². The molecule has 7 heteroatoms. The van der Waals surface area contributed by atoms with Crippen LogP contribution < -0.4 is 0 Å². The van der Waals surface area contributed by atoms with Crippen molar-refractivity contribution in [3.05, 3.63) is 58.4 Å². The molecule has 31 heavy (non-hydrogen) atoms. The number of hydrogen-bond acceptors (Lipinski definition) is 4. The molecule has 1 aromatic heterocycles. The van der Waals surface area contributed by atoms with Crippen LogP contribution in [0.3, 0.4) is 0 Å². The molecule has 2 aliphatic rings. The van der Waals surface area contributed by atoms with E-state index < -0.39 is 0 Å². The minimum Gasteiger partial charge on any atom is -0.318 e. The number of nitrogens with zero attached hydrogens (tertiary/aromatic N) is 4. The van der Waals surface area contributed by atoms with Gasteiger partial charge in [0.15, 0.2) is 5.84 Å². The monoisotopic (exact) mass is 433 g/mol. The largest absolute Gasteiger partial charge is 0.318 e. The second-order valence-corrected chi connectivity index (χ2v) is 9.01. The fourth-order valence-electron chi connectivity index (χ4n) is 3.84. The van der Waals surface area contributed by atoms with E-state index in [1.807, 2.05) is 19.9 Å². The second-order valence-electron chi connectivity index (χ2n) is 7.97. The van der Waals surface area contributed by atoms with Crippen molar-refractivity contribution in [1.82, 2.24) is 9.58 Å². The molecule has 0 saturated carbocycles. The summed E-state index contributed by atoms with van der Waals surface area (Å²) in [5.41, 5.74) is 5.55. The van der Waals surface area contributed by atoms with Gasteiger partial charge in [0.2, 0.25) is 5.17 Å². The lowest BCUT2D eigenvalue weighted by Crippen LogP contribution is -2.35. The van der Waals surface area contributed by atoms with Crippen molar-refractivity contribution in [2.24, 2.45) is 10.1 Å². The number of thioether (sulfide) groups is 1. The quantitative estimate of drug-likeness (QED) is 0.476. The van der Waals surface area contributed by atoms with E-state index in [1.54, 1.807) is 6.08 Å². The molecule has 0 fully saturated rings. The zero-order valence-electron chi connectivity index (χ0n) is 18.4. The maximum absolute atomic E-state index is 12.7. The van der Waals surface area contributed by atoms with Crippen molar-refractivity contribution >= 4 is 39.8 Å². The summed E-state index contributed by atoms with van der Waals surface area (Å²) in [5.74, 6) is -0.290. The van der Waals surface area contributed by atoms with Crippen molar-refractivity contribution in [2.75, 3.05) is 0 Å². The number of unbranched alkanes of at least 4 members (excludes halogenated alkanes) is 2. The van der Waals surface area contributed by atoms with Crippen molar-refractivity contribution in [3.63, 3.8) is 0 Å². The first kappa shape index (κ1) is 21.3. The standard InChI is InChI=1S/C24H27N5OS/c1-5-6-7-8-21-27-29-22(25)20(23(30)26-24(29)31-21)14-18-13-16(3)28(17(18)4)19-11-9-15(2)10-12-19/h9-14,25H,5-8H2,1-4H3. The van der Waals surface area contributed by atoms with Gasteiger partial charge in [-0.3, -0.25) is 10.2 Å². The van der Waals surface area contributed by atoms with Crippen molar-refractivity contribution in [1.29, 1.82) is 5.41 Å². The van der Waals surface area contributed by atoms with Crippen LogP contribution in [0.1, 0.15) is 55.1 Å². The molecule has 0 spiro atoms. The predicted octanol–water partition coefficient (Wildman–Crippen LogP) is 5.60. The molecule has 160 valence electrons. The second kappa shape index (κ2) is 8.67. The third-order valence-corrected chi connectivity index (χ3v) is 6.52. The number of benzene rings is 1. The molecule has 1 amide bonds. The maximum Gasteiger partial charge on any atom is 0.283 e. The van der Waals surface area contributed by atoms with Gasteiger partial charge < -0.3 is 4.57 Å². The maximum atomic E-state index is 12.7. The Kier molecular flexibility index (Phi) is 5.96. The molecule has 0 bridgehead atoms. The number of rotatable bonds is 6. The first-order valence-electron chi connectivity index (χ1n) is 10.6. The van der Waals surface area contributed by atoms with Crippen LogP contribution in [-0.4, -0.2) is 31.5 Å².